The molecule has 2 aromatic carbocycles. The van der Waals surface area contributed by atoms with Gasteiger partial charge in [0.25, 0.3) is 5.91 Å². The van der Waals surface area contributed by atoms with Crippen molar-refractivity contribution in [1.29, 1.82) is 0 Å². The molecule has 0 saturated carbocycles. The summed E-state index contributed by atoms with van der Waals surface area (Å²) in [4.78, 5) is 26.5. The number of ether oxygens (including phenoxy) is 1. The zero-order chi connectivity index (χ0) is 22.8. The van der Waals surface area contributed by atoms with E-state index in [2.05, 4.69) is 0 Å². The molecule has 1 amide bonds. The zero-order valence-electron chi connectivity index (χ0n) is 17.2. The van der Waals surface area contributed by atoms with Crippen LogP contribution in [-0.2, 0) is 4.74 Å². The van der Waals surface area contributed by atoms with Crippen LogP contribution in [0.4, 0.5) is 8.78 Å². The third kappa shape index (κ3) is 3.94. The van der Waals surface area contributed by atoms with Crippen LogP contribution in [0.2, 0.25) is 0 Å². The van der Waals surface area contributed by atoms with Gasteiger partial charge in [0, 0.05) is 25.9 Å². The van der Waals surface area contributed by atoms with E-state index in [0.29, 0.717) is 11.1 Å². The van der Waals surface area contributed by atoms with Gasteiger partial charge in [-0.25, -0.2) is 8.78 Å². The number of fused-ring (bicyclic) bond motifs is 1. The Morgan fingerprint density at radius 2 is 1.66 bits per heavy atom. The van der Waals surface area contributed by atoms with Gasteiger partial charge in [-0.3, -0.25) is 19.3 Å². The first-order valence-electron chi connectivity index (χ1n) is 9.91. The number of hydrogen-bond donors (Lipinski definition) is 1. The molecule has 1 aliphatic rings. The molecular weight excluding hydrogens is 420 g/mol. The highest BCUT2D eigenvalue weighted by Crippen LogP contribution is 2.32. The van der Waals surface area contributed by atoms with Gasteiger partial charge in [0.15, 0.2) is 11.4 Å². The number of halogens is 2. The van der Waals surface area contributed by atoms with Crippen molar-refractivity contribution >= 4 is 5.91 Å². The van der Waals surface area contributed by atoms with Crippen LogP contribution in [-0.4, -0.2) is 47.5 Å². The number of carbonyl (C=O) groups is 1. The highest BCUT2D eigenvalue weighted by molar-refractivity contribution is 5.96. The highest BCUT2D eigenvalue weighted by atomic mass is 19.1. The smallest absolute Gasteiger partial charge is 0.277 e. The number of aromatic hydroxyl groups is 1. The van der Waals surface area contributed by atoms with Crippen molar-refractivity contribution < 1.29 is 23.4 Å². The van der Waals surface area contributed by atoms with E-state index in [9.17, 15) is 23.5 Å². The Labute approximate surface area is 182 Å². The number of hydrogen-bond acceptors (Lipinski definition) is 5. The normalized spacial score (nSPS) is 13.6. The summed E-state index contributed by atoms with van der Waals surface area (Å²) >= 11 is 0. The molecule has 0 aliphatic carbocycles. The van der Waals surface area contributed by atoms with Gasteiger partial charge in [0.05, 0.1) is 12.6 Å². The molecule has 1 aromatic heterocycles. The molecule has 0 saturated heterocycles. The number of benzene rings is 2. The molecular formula is C23H21F2N3O4. The van der Waals surface area contributed by atoms with E-state index in [1.54, 1.807) is 29.3 Å². The second-order valence-electron chi connectivity index (χ2n) is 7.38. The monoisotopic (exact) mass is 441 g/mol. The van der Waals surface area contributed by atoms with E-state index in [1.165, 1.54) is 47.1 Å². The lowest BCUT2D eigenvalue weighted by Crippen LogP contribution is -2.56. The fourth-order valence-corrected chi connectivity index (χ4v) is 3.86. The first-order valence-corrected chi connectivity index (χ1v) is 9.91. The fourth-order valence-electron chi connectivity index (χ4n) is 3.86. The average molecular weight is 441 g/mol. The largest absolute Gasteiger partial charge is 0.502 e. The summed E-state index contributed by atoms with van der Waals surface area (Å²) in [5, 5.41) is 12.1. The maximum atomic E-state index is 14.1. The molecule has 0 fully saturated rings. The van der Waals surface area contributed by atoms with Crippen LogP contribution in [0.5, 0.6) is 5.75 Å². The predicted molar refractivity (Wildman–Crippen MR) is 113 cm³/mol. The average Bonchev–Trinajstić information content (AvgIpc) is 2.77. The molecule has 0 atom stereocenters. The summed E-state index contributed by atoms with van der Waals surface area (Å²) in [6.07, 6.45) is 1.37. The Bertz CT molecular complexity index is 1170. The van der Waals surface area contributed by atoms with Gasteiger partial charge in [-0.1, -0.05) is 24.3 Å². The number of nitrogens with zero attached hydrogens (tertiary/aromatic N) is 3. The Morgan fingerprint density at radius 1 is 1.03 bits per heavy atom. The van der Waals surface area contributed by atoms with Crippen molar-refractivity contribution in [2.45, 2.75) is 6.04 Å². The summed E-state index contributed by atoms with van der Waals surface area (Å²) in [5.41, 5.74) is 0.0745. The molecule has 1 N–H and O–H groups in total. The molecule has 0 bridgehead atoms. The number of carbonyl (C=O) groups excluding carboxylic acids is 1. The number of amides is 1. The maximum Gasteiger partial charge on any atom is 0.277 e. The van der Waals surface area contributed by atoms with E-state index in [0.717, 1.165) is 6.07 Å². The third-order valence-corrected chi connectivity index (χ3v) is 5.33. The maximum absolute atomic E-state index is 14.1. The lowest BCUT2D eigenvalue weighted by atomic mass is 9.97. The third-order valence-electron chi connectivity index (χ3n) is 5.33. The molecule has 32 heavy (non-hydrogen) atoms. The van der Waals surface area contributed by atoms with Gasteiger partial charge in [-0.15, -0.1) is 0 Å². The van der Waals surface area contributed by atoms with E-state index in [4.69, 9.17) is 4.74 Å². The summed E-state index contributed by atoms with van der Waals surface area (Å²) in [6.45, 7) is 0.435. The van der Waals surface area contributed by atoms with Gasteiger partial charge in [0.1, 0.15) is 18.3 Å². The van der Waals surface area contributed by atoms with E-state index >= 15 is 0 Å². The van der Waals surface area contributed by atoms with Gasteiger partial charge in [0.2, 0.25) is 5.43 Å². The van der Waals surface area contributed by atoms with Crippen LogP contribution in [0.1, 0.15) is 27.7 Å². The molecule has 3 aromatic rings. The Balaban J connectivity index is 1.93. The topological polar surface area (TPSA) is 75.0 Å². The van der Waals surface area contributed by atoms with E-state index in [-0.39, 0.29) is 25.5 Å². The highest BCUT2D eigenvalue weighted by Gasteiger charge is 2.36. The van der Waals surface area contributed by atoms with Crippen molar-refractivity contribution in [3.63, 3.8) is 0 Å². The quantitative estimate of drug-likeness (QED) is 0.637. The molecule has 0 radical (unpaired) electrons. The summed E-state index contributed by atoms with van der Waals surface area (Å²) < 4.78 is 34.7. The summed E-state index contributed by atoms with van der Waals surface area (Å²) in [7, 11) is 1.49. The van der Waals surface area contributed by atoms with Crippen LogP contribution in [0.15, 0.2) is 65.6 Å². The van der Waals surface area contributed by atoms with Gasteiger partial charge < -0.3 is 14.7 Å². The molecule has 0 unspecified atom stereocenters. The Hall–Kier alpha value is -3.72. The van der Waals surface area contributed by atoms with Crippen LogP contribution >= 0.6 is 0 Å². The van der Waals surface area contributed by atoms with Crippen molar-refractivity contribution in [2.24, 2.45) is 0 Å². The minimum absolute atomic E-state index is 0.0230. The summed E-state index contributed by atoms with van der Waals surface area (Å²) in [5.74, 6) is -2.19. The van der Waals surface area contributed by atoms with Crippen LogP contribution in [0.3, 0.4) is 0 Å². The van der Waals surface area contributed by atoms with E-state index in [1.807, 2.05) is 0 Å². The minimum Gasteiger partial charge on any atom is -0.502 e. The molecule has 7 nitrogen and oxygen atoms in total. The number of methoxy groups -OCH3 is 1. The van der Waals surface area contributed by atoms with Crippen LogP contribution in [0, 0.1) is 11.6 Å². The second-order valence-corrected chi connectivity index (χ2v) is 7.38. The van der Waals surface area contributed by atoms with Gasteiger partial charge in [-0.2, -0.15) is 0 Å². The molecule has 2 heterocycles. The number of rotatable bonds is 6. The molecule has 166 valence electrons. The van der Waals surface area contributed by atoms with Crippen LogP contribution in [0.25, 0.3) is 0 Å². The minimum atomic E-state index is -0.736. The second kappa shape index (κ2) is 8.80. The molecule has 9 heteroatoms. The van der Waals surface area contributed by atoms with Crippen molar-refractivity contribution in [3.8, 4) is 5.75 Å². The van der Waals surface area contributed by atoms with Gasteiger partial charge >= 0.3 is 0 Å². The first-order chi connectivity index (χ1) is 15.4. The SMILES string of the molecule is COCCN1CN(C(c2cccc(F)c2)c2cccc(F)c2)n2ccc(=O)c(O)c2C1=O. The Morgan fingerprint density at radius 3 is 2.22 bits per heavy atom. The van der Waals surface area contributed by atoms with Crippen molar-refractivity contribution in [1.82, 2.24) is 9.58 Å². The van der Waals surface area contributed by atoms with Crippen molar-refractivity contribution in [3.05, 3.63) is 99.5 Å². The number of pyridine rings is 1. The van der Waals surface area contributed by atoms with Crippen molar-refractivity contribution in [2.75, 3.05) is 31.9 Å². The van der Waals surface area contributed by atoms with E-state index < -0.39 is 34.8 Å². The first kappa shape index (κ1) is 21.5. The molecule has 4 rings (SSSR count). The molecule has 0 spiro atoms. The molecule has 1 aliphatic heterocycles. The lowest BCUT2D eigenvalue weighted by Gasteiger charge is -2.44. The zero-order valence-corrected chi connectivity index (χ0v) is 17.2. The fraction of sp³-hybridized carbons (Fsp3) is 0.217. The Kier molecular flexibility index (Phi) is 5.91. The number of aromatic nitrogens is 1. The van der Waals surface area contributed by atoms with Crippen LogP contribution < -0.4 is 10.4 Å². The lowest BCUT2D eigenvalue weighted by molar-refractivity contribution is 0.0614. The summed E-state index contributed by atoms with van der Waals surface area (Å²) in [6, 6.07) is 12.1. The standard InChI is InChI=1S/C23H21F2N3O4/c1-32-11-10-26-14-28(27-9-8-19(29)22(30)21(27)23(26)31)20(15-4-2-6-17(24)12-15)16-5-3-7-18(25)13-16/h2-9,12-13,20,30H,10-11,14H2,1H3. The van der Waals surface area contributed by atoms with Gasteiger partial charge in [-0.05, 0) is 35.4 Å². The predicted octanol–water partition coefficient (Wildman–Crippen LogP) is 2.62.